The van der Waals surface area contributed by atoms with E-state index in [2.05, 4.69) is 20.3 Å². The Morgan fingerprint density at radius 2 is 1.87 bits per heavy atom. The predicted molar refractivity (Wildman–Crippen MR) is 183 cm³/mol. The lowest BCUT2D eigenvalue weighted by Gasteiger charge is -2.32. The van der Waals surface area contributed by atoms with E-state index in [0.29, 0.717) is 42.9 Å². The number of fused-ring (bicyclic) bond motifs is 3. The van der Waals surface area contributed by atoms with Gasteiger partial charge in [0.25, 0.3) is 12.3 Å². The number of carboxylic acid groups (broad SMARTS) is 1. The SMILES string of the molecule is C[C@@H]1CCC=C[C@@H]2C[C@@]2(C(=O)NS(=O)(=O)C2CC2)NC(=O)[C@@H]2C[C@@H](Oc3ncc(OCC(F)F)c4ccccc34)CN2C(=O)[C@@H](NC(=O)O)[C@H](C)C1. The number of sulfonamides is 1. The summed E-state index contributed by atoms with van der Waals surface area (Å²) < 4.78 is 65.1. The van der Waals surface area contributed by atoms with E-state index in [1.54, 1.807) is 31.2 Å². The van der Waals surface area contributed by atoms with Crippen LogP contribution in [0.4, 0.5) is 13.6 Å². The van der Waals surface area contributed by atoms with Crippen molar-refractivity contribution < 1.29 is 51.0 Å². The number of pyridine rings is 1. The van der Waals surface area contributed by atoms with Crippen molar-refractivity contribution in [2.24, 2.45) is 17.8 Å². The summed E-state index contributed by atoms with van der Waals surface area (Å²) in [4.78, 5) is 59.7. The van der Waals surface area contributed by atoms with Gasteiger partial charge in [-0.25, -0.2) is 27.0 Å². The van der Waals surface area contributed by atoms with Crippen LogP contribution >= 0.6 is 0 Å². The van der Waals surface area contributed by atoms with E-state index in [1.165, 1.54) is 11.1 Å². The number of hydrogen-bond donors (Lipinski definition) is 4. The molecule has 3 heterocycles. The molecule has 0 radical (unpaired) electrons. The van der Waals surface area contributed by atoms with Gasteiger partial charge in [0, 0.05) is 23.1 Å². The number of aromatic nitrogens is 1. The van der Waals surface area contributed by atoms with Crippen LogP contribution in [0.5, 0.6) is 11.6 Å². The minimum Gasteiger partial charge on any atom is -0.485 e. The van der Waals surface area contributed by atoms with Gasteiger partial charge in [0.1, 0.15) is 36.1 Å². The van der Waals surface area contributed by atoms with E-state index in [-0.39, 0.29) is 36.9 Å². The minimum atomic E-state index is -3.94. The Bertz CT molecular complexity index is 1860. The topological polar surface area (TPSA) is 193 Å². The van der Waals surface area contributed by atoms with E-state index in [1.807, 2.05) is 19.1 Å². The molecule has 0 bridgehead atoms. The maximum atomic E-state index is 14.3. The number of carbonyl (C=O) groups is 4. The summed E-state index contributed by atoms with van der Waals surface area (Å²) in [6, 6.07) is 4.25. The van der Waals surface area contributed by atoms with E-state index in [0.717, 1.165) is 0 Å². The number of hydrogen-bond acceptors (Lipinski definition) is 9. The summed E-state index contributed by atoms with van der Waals surface area (Å²) in [6.07, 6.45) is 2.75. The standard InChI is InChI=1S/C35H43F2N5O9S/c1-19-7-3-4-8-21-15-35(21,33(45)41-52(48,49)23-11-12-23)40-30(43)26-14-22(17-42(26)32(44)29(20(2)13-19)39-34(46)47)51-31-25-10-6-5-9-24(25)27(16-38-31)50-18-28(36)37/h4-6,8-10,16,19-23,26,28-29,39H,3,7,11-15,17-18H2,1-2H3,(H,40,43)(H,41,45)(H,46,47)/t19-,20-,21-,22-,26+,29+,35-/m1/s1. The molecule has 0 unspecified atom stereocenters. The normalized spacial score (nSPS) is 29.7. The fraction of sp³-hybridized carbons (Fsp3) is 0.571. The number of nitrogens with zero attached hydrogens (tertiary/aromatic N) is 2. The molecule has 14 nitrogen and oxygen atoms in total. The first-order valence-electron chi connectivity index (χ1n) is 17.5. The van der Waals surface area contributed by atoms with Crippen molar-refractivity contribution in [3.05, 3.63) is 42.6 Å². The van der Waals surface area contributed by atoms with Crippen molar-refractivity contribution in [1.82, 2.24) is 25.2 Å². The number of amides is 4. The van der Waals surface area contributed by atoms with Crippen LogP contribution in [0.15, 0.2) is 42.6 Å². The van der Waals surface area contributed by atoms with Crippen molar-refractivity contribution in [2.75, 3.05) is 13.2 Å². The molecule has 0 spiro atoms. The Morgan fingerprint density at radius 3 is 2.56 bits per heavy atom. The Labute approximate surface area is 299 Å². The highest BCUT2D eigenvalue weighted by Gasteiger charge is 2.62. The lowest BCUT2D eigenvalue weighted by Crippen LogP contribution is -2.59. The summed E-state index contributed by atoms with van der Waals surface area (Å²) in [7, 11) is -3.94. The van der Waals surface area contributed by atoms with Gasteiger partial charge in [0.15, 0.2) is 0 Å². The second kappa shape index (κ2) is 14.8. The molecule has 1 aromatic carbocycles. The Balaban J connectivity index is 1.32. The Morgan fingerprint density at radius 1 is 1.13 bits per heavy atom. The van der Waals surface area contributed by atoms with Gasteiger partial charge in [-0.2, -0.15) is 0 Å². The smallest absolute Gasteiger partial charge is 0.405 e. The predicted octanol–water partition coefficient (Wildman–Crippen LogP) is 3.36. The van der Waals surface area contributed by atoms with Crippen LogP contribution in [0, 0.1) is 17.8 Å². The maximum absolute atomic E-state index is 14.3. The largest absolute Gasteiger partial charge is 0.485 e. The maximum Gasteiger partial charge on any atom is 0.405 e. The molecule has 2 aromatic rings. The highest BCUT2D eigenvalue weighted by atomic mass is 32.2. The fourth-order valence-corrected chi connectivity index (χ4v) is 8.66. The number of benzene rings is 1. The lowest BCUT2D eigenvalue weighted by atomic mass is 9.88. The van der Waals surface area contributed by atoms with Crippen LogP contribution in [-0.4, -0.2) is 95.8 Å². The average Bonchev–Trinajstić information content (AvgIpc) is 4.01. The Hall–Kier alpha value is -4.54. The van der Waals surface area contributed by atoms with Crippen molar-refractivity contribution >= 4 is 44.6 Å². The first kappa shape index (κ1) is 37.2. The van der Waals surface area contributed by atoms with Crippen LogP contribution in [0.2, 0.25) is 0 Å². The molecule has 4 amide bonds. The van der Waals surface area contributed by atoms with E-state index in [4.69, 9.17) is 9.47 Å². The molecular formula is C35H43F2N5O9S. The van der Waals surface area contributed by atoms with Gasteiger partial charge < -0.3 is 30.1 Å². The van der Waals surface area contributed by atoms with E-state index < -0.39 is 87.7 Å². The molecule has 4 aliphatic rings. The third kappa shape index (κ3) is 8.08. The van der Waals surface area contributed by atoms with Crippen LogP contribution in [-0.2, 0) is 24.4 Å². The lowest BCUT2D eigenvalue weighted by molar-refractivity contribution is -0.142. The summed E-state index contributed by atoms with van der Waals surface area (Å²) in [5.41, 5.74) is -1.58. The monoisotopic (exact) mass is 747 g/mol. The number of nitrogens with one attached hydrogen (secondary N) is 3. The average molecular weight is 748 g/mol. The number of ether oxygens (including phenoxy) is 2. The second-order valence-electron chi connectivity index (χ2n) is 14.4. The molecule has 282 valence electrons. The number of alkyl halides is 2. The van der Waals surface area contributed by atoms with Gasteiger partial charge in [-0.3, -0.25) is 19.1 Å². The van der Waals surface area contributed by atoms with Gasteiger partial charge in [-0.1, -0.05) is 44.2 Å². The molecule has 4 N–H and O–H groups in total. The molecule has 52 heavy (non-hydrogen) atoms. The zero-order chi connectivity index (χ0) is 37.4. The molecular weight excluding hydrogens is 704 g/mol. The van der Waals surface area contributed by atoms with Crippen molar-refractivity contribution in [3.63, 3.8) is 0 Å². The van der Waals surface area contributed by atoms with Crippen LogP contribution < -0.4 is 24.8 Å². The summed E-state index contributed by atoms with van der Waals surface area (Å²) >= 11 is 0. The van der Waals surface area contributed by atoms with Crippen molar-refractivity contribution in [1.29, 1.82) is 0 Å². The first-order chi connectivity index (χ1) is 24.7. The summed E-state index contributed by atoms with van der Waals surface area (Å²) in [5.74, 6) is -2.90. The zero-order valence-corrected chi connectivity index (χ0v) is 29.6. The molecule has 6 rings (SSSR count). The number of allylic oxidation sites excluding steroid dienone is 1. The molecule has 17 heteroatoms. The molecule has 7 atom stereocenters. The van der Waals surface area contributed by atoms with Crippen LogP contribution in [0.25, 0.3) is 10.8 Å². The molecule has 1 saturated heterocycles. The third-order valence-corrected chi connectivity index (χ3v) is 12.1. The van der Waals surface area contributed by atoms with Crippen LogP contribution in [0.3, 0.4) is 0 Å². The molecule has 3 fully saturated rings. The van der Waals surface area contributed by atoms with Gasteiger partial charge >= 0.3 is 6.09 Å². The summed E-state index contributed by atoms with van der Waals surface area (Å²) in [5, 5.41) is 15.1. The zero-order valence-electron chi connectivity index (χ0n) is 28.8. The van der Waals surface area contributed by atoms with E-state index in [9.17, 15) is 41.5 Å². The fourth-order valence-electron chi connectivity index (χ4n) is 7.29. The van der Waals surface area contributed by atoms with Crippen molar-refractivity contribution in [2.45, 2.75) is 94.2 Å². The second-order valence-corrected chi connectivity index (χ2v) is 16.3. The first-order valence-corrected chi connectivity index (χ1v) is 19.0. The highest BCUT2D eigenvalue weighted by molar-refractivity contribution is 7.91. The van der Waals surface area contributed by atoms with Crippen molar-refractivity contribution in [3.8, 4) is 11.6 Å². The summed E-state index contributed by atoms with van der Waals surface area (Å²) in [6.45, 7) is 2.77. The highest BCUT2D eigenvalue weighted by Crippen LogP contribution is 2.46. The third-order valence-electron chi connectivity index (χ3n) is 10.3. The number of carbonyl (C=O) groups excluding carboxylic acids is 3. The number of halogens is 2. The Kier molecular flexibility index (Phi) is 10.6. The molecule has 1 aromatic heterocycles. The van der Waals surface area contributed by atoms with Gasteiger partial charge in [-0.05, 0) is 56.4 Å². The minimum absolute atomic E-state index is 0.0830. The molecule has 2 aliphatic carbocycles. The van der Waals surface area contributed by atoms with E-state index >= 15 is 0 Å². The number of rotatable bonds is 9. The molecule has 2 saturated carbocycles. The van der Waals surface area contributed by atoms with Gasteiger partial charge in [-0.15, -0.1) is 0 Å². The quantitative estimate of drug-likeness (QED) is 0.277. The van der Waals surface area contributed by atoms with Gasteiger partial charge in [0.2, 0.25) is 27.7 Å². The van der Waals surface area contributed by atoms with Crippen LogP contribution in [0.1, 0.15) is 58.8 Å². The van der Waals surface area contributed by atoms with Gasteiger partial charge in [0.05, 0.1) is 18.0 Å². The molecule has 2 aliphatic heterocycles.